The number of carbonyl (C=O) groups is 3. The standard InChI is InChI=1S/C21H21FN2O5/c1-2-21(20(28)23-16(10-19(26)27)18(25)12-22)11-17(24-29-21)15-9-5-7-13-6-3-4-8-14(13)15/h3-9,16H,2,10-12H2,1H3,(H,23,28)(H,26,27)/t16-,21?/m0/s1. The molecule has 8 heteroatoms. The highest BCUT2D eigenvalue weighted by molar-refractivity contribution is 6.13. The second-order valence-corrected chi connectivity index (χ2v) is 6.90. The molecule has 1 aliphatic heterocycles. The molecule has 0 bridgehead atoms. The summed E-state index contributed by atoms with van der Waals surface area (Å²) in [5, 5.41) is 17.4. The number of carboxylic acids is 1. The number of carbonyl (C=O) groups excluding carboxylic acids is 2. The smallest absolute Gasteiger partial charge is 0.305 e. The third-order valence-corrected chi connectivity index (χ3v) is 5.07. The number of benzene rings is 2. The molecule has 0 radical (unpaired) electrons. The molecule has 1 heterocycles. The van der Waals surface area contributed by atoms with Crippen LogP contribution in [0.1, 0.15) is 31.7 Å². The van der Waals surface area contributed by atoms with Gasteiger partial charge in [-0.05, 0) is 17.2 Å². The number of ketones is 1. The maximum Gasteiger partial charge on any atom is 0.305 e. The predicted molar refractivity (Wildman–Crippen MR) is 104 cm³/mol. The molecular formula is C21H21FN2O5. The van der Waals surface area contributed by atoms with E-state index in [1.54, 1.807) is 6.92 Å². The number of alkyl halides is 1. The minimum absolute atomic E-state index is 0.146. The topological polar surface area (TPSA) is 105 Å². The van der Waals surface area contributed by atoms with E-state index in [0.29, 0.717) is 5.71 Å². The van der Waals surface area contributed by atoms with E-state index in [9.17, 15) is 18.8 Å². The van der Waals surface area contributed by atoms with E-state index in [0.717, 1.165) is 16.3 Å². The zero-order valence-corrected chi connectivity index (χ0v) is 15.9. The van der Waals surface area contributed by atoms with E-state index in [1.165, 1.54) is 0 Å². The van der Waals surface area contributed by atoms with Crippen LogP contribution in [0.3, 0.4) is 0 Å². The van der Waals surface area contributed by atoms with Crippen molar-refractivity contribution in [1.29, 1.82) is 0 Å². The Morgan fingerprint density at radius 2 is 1.97 bits per heavy atom. The molecule has 1 amide bonds. The molecule has 0 fully saturated rings. The summed E-state index contributed by atoms with van der Waals surface area (Å²) in [6.45, 7) is 0.361. The fraction of sp³-hybridized carbons (Fsp3) is 0.333. The molecule has 0 spiro atoms. The van der Waals surface area contributed by atoms with Crippen LogP contribution in [0.15, 0.2) is 47.6 Å². The van der Waals surface area contributed by atoms with Crippen molar-refractivity contribution in [3.05, 3.63) is 48.0 Å². The molecule has 0 aliphatic carbocycles. The Kier molecular flexibility index (Phi) is 5.91. The first-order valence-electron chi connectivity index (χ1n) is 9.25. The van der Waals surface area contributed by atoms with Gasteiger partial charge in [0.05, 0.1) is 12.1 Å². The van der Waals surface area contributed by atoms with Gasteiger partial charge in [-0.25, -0.2) is 4.39 Å². The first-order chi connectivity index (χ1) is 13.9. The van der Waals surface area contributed by atoms with Gasteiger partial charge in [0.2, 0.25) is 5.60 Å². The van der Waals surface area contributed by atoms with Crippen LogP contribution in [0.2, 0.25) is 0 Å². The Balaban J connectivity index is 1.83. The number of carboxylic acid groups (broad SMARTS) is 1. The van der Waals surface area contributed by atoms with Gasteiger partial charge in [0, 0.05) is 12.0 Å². The van der Waals surface area contributed by atoms with Gasteiger partial charge in [-0.1, -0.05) is 54.5 Å². The van der Waals surface area contributed by atoms with Crippen molar-refractivity contribution in [2.45, 2.75) is 37.8 Å². The summed E-state index contributed by atoms with van der Waals surface area (Å²) in [5.41, 5.74) is 0.0122. The molecule has 1 aliphatic rings. The average Bonchev–Trinajstić information content (AvgIpc) is 3.17. The van der Waals surface area contributed by atoms with Crippen LogP contribution in [0, 0.1) is 0 Å². The van der Waals surface area contributed by atoms with Crippen molar-refractivity contribution >= 4 is 34.1 Å². The molecule has 1 unspecified atom stereocenters. The van der Waals surface area contributed by atoms with E-state index >= 15 is 0 Å². The Hall–Kier alpha value is -3.29. The fourth-order valence-corrected chi connectivity index (χ4v) is 3.37. The van der Waals surface area contributed by atoms with Crippen LogP contribution < -0.4 is 5.32 Å². The Labute approximate surface area is 166 Å². The minimum Gasteiger partial charge on any atom is -0.481 e. The highest BCUT2D eigenvalue weighted by Crippen LogP contribution is 2.32. The molecule has 3 rings (SSSR count). The highest BCUT2D eigenvalue weighted by Gasteiger charge is 2.46. The number of hydrogen-bond donors (Lipinski definition) is 2. The number of aliphatic carboxylic acids is 1. The zero-order chi connectivity index (χ0) is 21.0. The predicted octanol–water partition coefficient (Wildman–Crippen LogP) is 2.61. The lowest BCUT2D eigenvalue weighted by Gasteiger charge is -2.26. The van der Waals surface area contributed by atoms with Gasteiger partial charge in [-0.15, -0.1) is 0 Å². The maximum absolute atomic E-state index is 12.9. The van der Waals surface area contributed by atoms with E-state index < -0.39 is 42.4 Å². The summed E-state index contributed by atoms with van der Waals surface area (Å²) in [4.78, 5) is 41.0. The highest BCUT2D eigenvalue weighted by atomic mass is 19.1. The summed E-state index contributed by atoms with van der Waals surface area (Å²) >= 11 is 0. The van der Waals surface area contributed by atoms with Crippen LogP contribution in [-0.2, 0) is 19.2 Å². The van der Waals surface area contributed by atoms with Crippen molar-refractivity contribution in [2.24, 2.45) is 5.16 Å². The summed E-state index contributed by atoms with van der Waals surface area (Å²) in [7, 11) is 0. The molecule has 29 heavy (non-hydrogen) atoms. The van der Waals surface area contributed by atoms with E-state index in [-0.39, 0.29) is 12.8 Å². The molecule has 2 N–H and O–H groups in total. The average molecular weight is 400 g/mol. The van der Waals surface area contributed by atoms with Crippen molar-refractivity contribution in [3.63, 3.8) is 0 Å². The van der Waals surface area contributed by atoms with E-state index in [4.69, 9.17) is 9.94 Å². The van der Waals surface area contributed by atoms with Gasteiger partial charge in [0.1, 0.15) is 12.7 Å². The van der Waals surface area contributed by atoms with Crippen molar-refractivity contribution in [2.75, 3.05) is 6.67 Å². The molecule has 0 saturated heterocycles. The third kappa shape index (κ3) is 4.11. The number of rotatable bonds is 8. The minimum atomic E-state index is -1.46. The maximum atomic E-state index is 12.9. The molecule has 0 saturated carbocycles. The SMILES string of the molecule is CCC1(C(=O)N[C@@H](CC(=O)O)C(=O)CF)CC(c2cccc3ccccc23)=NO1. The molecule has 2 atom stereocenters. The second kappa shape index (κ2) is 8.38. The molecule has 152 valence electrons. The van der Waals surface area contributed by atoms with Crippen LogP contribution in [0.25, 0.3) is 10.8 Å². The summed E-state index contributed by atoms with van der Waals surface area (Å²) in [6, 6.07) is 12.0. The Bertz CT molecular complexity index is 985. The van der Waals surface area contributed by atoms with Crippen LogP contribution in [0.4, 0.5) is 4.39 Å². The largest absolute Gasteiger partial charge is 0.481 e. The molecule has 2 aromatic rings. The lowest BCUT2D eigenvalue weighted by Crippen LogP contribution is -2.53. The summed E-state index contributed by atoms with van der Waals surface area (Å²) in [5.74, 6) is -3.00. The molecule has 2 aromatic carbocycles. The second-order valence-electron chi connectivity index (χ2n) is 6.90. The fourth-order valence-electron chi connectivity index (χ4n) is 3.37. The Morgan fingerprint density at radius 3 is 2.66 bits per heavy atom. The van der Waals surface area contributed by atoms with Gasteiger partial charge in [-0.2, -0.15) is 0 Å². The number of amides is 1. The molecule has 0 aromatic heterocycles. The third-order valence-electron chi connectivity index (χ3n) is 5.07. The van der Waals surface area contributed by atoms with Gasteiger partial charge in [0.25, 0.3) is 5.91 Å². The quantitative estimate of drug-likeness (QED) is 0.709. The number of hydrogen-bond acceptors (Lipinski definition) is 5. The van der Waals surface area contributed by atoms with E-state index in [2.05, 4.69) is 10.5 Å². The molecule has 7 nitrogen and oxygen atoms in total. The van der Waals surface area contributed by atoms with Crippen LogP contribution >= 0.6 is 0 Å². The monoisotopic (exact) mass is 400 g/mol. The van der Waals surface area contributed by atoms with Crippen LogP contribution in [0.5, 0.6) is 0 Å². The number of halogens is 1. The number of Topliss-reactive ketones (excluding diaryl/α,β-unsaturated/α-hetero) is 1. The van der Waals surface area contributed by atoms with Crippen molar-refractivity contribution in [1.82, 2.24) is 5.32 Å². The van der Waals surface area contributed by atoms with Gasteiger partial charge in [0.15, 0.2) is 5.78 Å². The zero-order valence-electron chi connectivity index (χ0n) is 15.9. The first-order valence-corrected chi connectivity index (χ1v) is 9.25. The summed E-state index contributed by atoms with van der Waals surface area (Å²) in [6.07, 6.45) is -0.321. The van der Waals surface area contributed by atoms with Crippen LogP contribution in [-0.4, -0.2) is 46.8 Å². The number of oxime groups is 1. The lowest BCUT2D eigenvalue weighted by atomic mass is 9.89. The van der Waals surface area contributed by atoms with Gasteiger partial charge in [-0.3, -0.25) is 14.4 Å². The van der Waals surface area contributed by atoms with Crippen molar-refractivity contribution < 1.29 is 28.7 Å². The number of nitrogens with zero attached hydrogens (tertiary/aromatic N) is 1. The first kappa shape index (κ1) is 20.4. The Morgan fingerprint density at radius 1 is 1.24 bits per heavy atom. The lowest BCUT2D eigenvalue weighted by molar-refractivity contribution is -0.148. The molecular weight excluding hydrogens is 379 g/mol. The van der Waals surface area contributed by atoms with Gasteiger partial charge >= 0.3 is 5.97 Å². The van der Waals surface area contributed by atoms with Crippen molar-refractivity contribution in [3.8, 4) is 0 Å². The van der Waals surface area contributed by atoms with Gasteiger partial charge < -0.3 is 15.3 Å². The number of nitrogens with one attached hydrogen (secondary N) is 1. The normalized spacial score (nSPS) is 19.3. The van der Waals surface area contributed by atoms with E-state index in [1.807, 2.05) is 42.5 Å². The summed E-state index contributed by atoms with van der Waals surface area (Å²) < 4.78 is 12.8. The number of fused-ring (bicyclic) bond motifs is 1.